The van der Waals surface area contributed by atoms with E-state index in [-0.39, 0.29) is 17.2 Å². The molecule has 3 aromatic carbocycles. The van der Waals surface area contributed by atoms with Gasteiger partial charge in [0.05, 0.1) is 27.1 Å². The Morgan fingerprint density at radius 3 is 2.43 bits per heavy atom. The highest BCUT2D eigenvalue weighted by molar-refractivity contribution is 9.10. The van der Waals surface area contributed by atoms with Gasteiger partial charge in [0.1, 0.15) is 6.61 Å². The van der Waals surface area contributed by atoms with Crippen LogP contribution in [0.15, 0.2) is 70.0 Å². The SMILES string of the molecule is COc1cc(/C=C2/SC(=O)N(c3ccc(Cl)cc3)C2=O)cc(Br)c1OCc1ccc([N+](=O)[O-])cc1. The minimum atomic E-state index is -0.465. The number of rotatable bonds is 7. The molecule has 0 N–H and O–H groups in total. The molecule has 1 aliphatic heterocycles. The van der Waals surface area contributed by atoms with E-state index in [2.05, 4.69) is 15.9 Å². The van der Waals surface area contributed by atoms with E-state index in [1.807, 2.05) is 0 Å². The van der Waals surface area contributed by atoms with Gasteiger partial charge in [0.15, 0.2) is 11.5 Å². The van der Waals surface area contributed by atoms with Gasteiger partial charge in [-0.3, -0.25) is 19.7 Å². The standard InChI is InChI=1S/C24H16BrClN2O6S/c1-33-20-11-15(10-19(25)22(20)34-13-14-2-6-18(7-3-14)28(31)32)12-21-23(29)27(24(30)35-21)17-8-4-16(26)5-9-17/h2-12H,13H2,1H3/b21-12+. The summed E-state index contributed by atoms with van der Waals surface area (Å²) < 4.78 is 11.9. The van der Waals surface area contributed by atoms with Crippen molar-refractivity contribution in [2.75, 3.05) is 12.0 Å². The summed E-state index contributed by atoms with van der Waals surface area (Å²) in [6.45, 7) is 0.159. The molecular weight excluding hydrogens is 560 g/mol. The average molecular weight is 576 g/mol. The van der Waals surface area contributed by atoms with Gasteiger partial charge in [-0.15, -0.1) is 0 Å². The van der Waals surface area contributed by atoms with E-state index in [9.17, 15) is 19.7 Å². The smallest absolute Gasteiger partial charge is 0.298 e. The molecule has 1 aliphatic rings. The first-order valence-corrected chi connectivity index (χ1v) is 12.0. The predicted molar refractivity (Wildman–Crippen MR) is 138 cm³/mol. The van der Waals surface area contributed by atoms with Crippen molar-refractivity contribution in [3.05, 3.63) is 96.3 Å². The molecule has 3 aromatic rings. The molecular formula is C24H16BrClN2O6S. The average Bonchev–Trinajstić information content (AvgIpc) is 3.11. The maximum Gasteiger partial charge on any atom is 0.298 e. The van der Waals surface area contributed by atoms with E-state index < -0.39 is 16.1 Å². The second kappa shape index (κ2) is 10.5. The largest absolute Gasteiger partial charge is 0.493 e. The second-order valence-corrected chi connectivity index (χ2v) is 9.52. The van der Waals surface area contributed by atoms with Crippen LogP contribution >= 0.6 is 39.3 Å². The lowest BCUT2D eigenvalue weighted by molar-refractivity contribution is -0.384. The Kier molecular flexibility index (Phi) is 7.44. The first kappa shape index (κ1) is 24.8. The number of imide groups is 1. The molecule has 0 saturated carbocycles. The highest BCUT2D eigenvalue weighted by atomic mass is 79.9. The van der Waals surface area contributed by atoms with Crippen molar-refractivity contribution in [3.8, 4) is 11.5 Å². The topological polar surface area (TPSA) is 99.0 Å². The number of anilines is 1. The molecule has 2 amide bonds. The first-order valence-electron chi connectivity index (χ1n) is 10.0. The molecule has 1 heterocycles. The summed E-state index contributed by atoms with van der Waals surface area (Å²) in [5.41, 5.74) is 1.80. The maximum absolute atomic E-state index is 12.9. The number of ether oxygens (including phenoxy) is 2. The fourth-order valence-corrected chi connectivity index (χ4v) is 4.81. The molecule has 0 aliphatic carbocycles. The van der Waals surface area contributed by atoms with E-state index in [4.69, 9.17) is 21.1 Å². The van der Waals surface area contributed by atoms with Gasteiger partial charge in [-0.2, -0.15) is 0 Å². The van der Waals surface area contributed by atoms with Crippen molar-refractivity contribution in [1.29, 1.82) is 0 Å². The molecule has 0 radical (unpaired) electrons. The molecule has 0 aromatic heterocycles. The number of hydrogen-bond donors (Lipinski definition) is 0. The number of carbonyl (C=O) groups excluding carboxylic acids is 2. The number of methoxy groups -OCH3 is 1. The van der Waals surface area contributed by atoms with E-state index in [0.29, 0.717) is 32.2 Å². The lowest BCUT2D eigenvalue weighted by Gasteiger charge is -2.14. The number of amides is 2. The third kappa shape index (κ3) is 5.50. The molecule has 178 valence electrons. The van der Waals surface area contributed by atoms with Crippen molar-refractivity contribution in [1.82, 2.24) is 0 Å². The van der Waals surface area contributed by atoms with E-state index in [1.54, 1.807) is 54.6 Å². The summed E-state index contributed by atoms with van der Waals surface area (Å²) in [4.78, 5) is 37.1. The predicted octanol–water partition coefficient (Wildman–Crippen LogP) is 6.84. The van der Waals surface area contributed by atoms with Crippen molar-refractivity contribution in [3.63, 3.8) is 0 Å². The normalized spacial score (nSPS) is 14.5. The number of nitrogens with zero attached hydrogens (tertiary/aromatic N) is 2. The molecule has 35 heavy (non-hydrogen) atoms. The van der Waals surface area contributed by atoms with Crippen LogP contribution in [0.3, 0.4) is 0 Å². The summed E-state index contributed by atoms with van der Waals surface area (Å²) in [5.74, 6) is 0.401. The first-order chi connectivity index (χ1) is 16.8. The minimum Gasteiger partial charge on any atom is -0.493 e. The Bertz CT molecular complexity index is 1350. The Labute approximate surface area is 217 Å². The molecule has 0 atom stereocenters. The third-order valence-corrected chi connectivity index (χ3v) is 6.67. The molecule has 8 nitrogen and oxygen atoms in total. The molecule has 0 bridgehead atoms. The van der Waals surface area contributed by atoms with Crippen LogP contribution in [-0.4, -0.2) is 23.2 Å². The number of nitro benzene ring substituents is 1. The molecule has 0 unspecified atom stereocenters. The Morgan fingerprint density at radius 1 is 1.11 bits per heavy atom. The molecule has 1 saturated heterocycles. The van der Waals surface area contributed by atoms with Crippen LogP contribution in [-0.2, 0) is 11.4 Å². The van der Waals surface area contributed by atoms with E-state index >= 15 is 0 Å². The van der Waals surface area contributed by atoms with Gasteiger partial charge in [-0.25, -0.2) is 4.90 Å². The van der Waals surface area contributed by atoms with Crippen LogP contribution in [0.4, 0.5) is 16.2 Å². The van der Waals surface area contributed by atoms with Crippen molar-refractivity contribution in [2.24, 2.45) is 0 Å². The number of nitro groups is 1. The summed E-state index contributed by atoms with van der Waals surface area (Å²) in [7, 11) is 1.48. The maximum atomic E-state index is 12.9. The number of thioether (sulfide) groups is 1. The van der Waals surface area contributed by atoms with Gasteiger partial charge in [-0.1, -0.05) is 11.6 Å². The lowest BCUT2D eigenvalue weighted by atomic mass is 10.1. The quantitative estimate of drug-likeness (QED) is 0.173. The van der Waals surface area contributed by atoms with Crippen molar-refractivity contribution < 1.29 is 24.0 Å². The highest BCUT2D eigenvalue weighted by Crippen LogP contribution is 2.40. The monoisotopic (exact) mass is 574 g/mol. The van der Waals surface area contributed by atoms with Crippen LogP contribution in [0, 0.1) is 10.1 Å². The van der Waals surface area contributed by atoms with Gasteiger partial charge in [0.2, 0.25) is 0 Å². The number of halogens is 2. The van der Waals surface area contributed by atoms with E-state index in [1.165, 1.54) is 19.2 Å². The number of benzene rings is 3. The lowest BCUT2D eigenvalue weighted by Crippen LogP contribution is -2.27. The summed E-state index contributed by atoms with van der Waals surface area (Å²) in [5, 5.41) is 10.9. The highest BCUT2D eigenvalue weighted by Gasteiger charge is 2.36. The number of carbonyl (C=O) groups is 2. The van der Waals surface area contributed by atoms with Crippen LogP contribution in [0.2, 0.25) is 5.02 Å². The fraction of sp³-hybridized carbons (Fsp3) is 0.0833. The van der Waals surface area contributed by atoms with Gasteiger partial charge >= 0.3 is 0 Å². The Balaban J connectivity index is 1.54. The van der Waals surface area contributed by atoms with Gasteiger partial charge < -0.3 is 9.47 Å². The van der Waals surface area contributed by atoms with Crippen LogP contribution in [0.25, 0.3) is 6.08 Å². The third-order valence-electron chi connectivity index (χ3n) is 4.96. The Hall–Kier alpha value is -3.34. The van der Waals surface area contributed by atoms with E-state index in [0.717, 1.165) is 22.2 Å². The van der Waals surface area contributed by atoms with Crippen molar-refractivity contribution in [2.45, 2.75) is 6.61 Å². The zero-order valence-electron chi connectivity index (χ0n) is 18.1. The zero-order valence-corrected chi connectivity index (χ0v) is 21.2. The van der Waals surface area contributed by atoms with Crippen molar-refractivity contribution >= 4 is 67.9 Å². The Morgan fingerprint density at radius 2 is 1.80 bits per heavy atom. The van der Waals surface area contributed by atoms with Gasteiger partial charge in [0, 0.05) is 17.2 Å². The second-order valence-electron chi connectivity index (χ2n) is 7.24. The van der Waals surface area contributed by atoms with Crippen LogP contribution in [0.1, 0.15) is 11.1 Å². The molecule has 0 spiro atoms. The van der Waals surface area contributed by atoms with Crippen LogP contribution in [0.5, 0.6) is 11.5 Å². The zero-order chi connectivity index (χ0) is 25.1. The summed E-state index contributed by atoms with van der Waals surface area (Å²) >= 11 is 10.2. The molecule has 11 heteroatoms. The molecule has 1 fully saturated rings. The summed E-state index contributed by atoms with van der Waals surface area (Å²) in [6, 6.07) is 15.9. The van der Waals surface area contributed by atoms with Gasteiger partial charge in [0.25, 0.3) is 16.8 Å². The number of non-ortho nitro benzene ring substituents is 1. The van der Waals surface area contributed by atoms with Crippen LogP contribution < -0.4 is 14.4 Å². The molecule has 4 rings (SSSR count). The minimum absolute atomic E-state index is 0.00246. The van der Waals surface area contributed by atoms with Gasteiger partial charge in [-0.05, 0) is 93.4 Å². The fourth-order valence-electron chi connectivity index (χ4n) is 3.26. The number of hydrogen-bond acceptors (Lipinski definition) is 7. The summed E-state index contributed by atoms with van der Waals surface area (Å²) in [6.07, 6.45) is 1.61.